The van der Waals surface area contributed by atoms with Gasteiger partial charge >= 0.3 is 6.09 Å². The molecule has 2 aromatic carbocycles. The number of unbranched alkanes of at least 4 members (excludes halogenated alkanes) is 1. The minimum absolute atomic E-state index is 0.0297. The summed E-state index contributed by atoms with van der Waals surface area (Å²) >= 11 is 0. The molecule has 0 N–H and O–H groups in total. The molecule has 156 valence electrons. The van der Waals surface area contributed by atoms with Crippen LogP contribution in [0.15, 0.2) is 54.3 Å². The van der Waals surface area contributed by atoms with Gasteiger partial charge in [0, 0.05) is 24.1 Å². The number of carbonyl (C=O) groups is 1. The highest BCUT2D eigenvalue weighted by atomic mass is 16.6. The maximum Gasteiger partial charge on any atom is 0.412 e. The van der Waals surface area contributed by atoms with Crippen LogP contribution in [0.2, 0.25) is 0 Å². The van der Waals surface area contributed by atoms with Crippen LogP contribution in [-0.2, 0) is 15.2 Å². The minimum Gasteiger partial charge on any atom is -0.489 e. The Morgan fingerprint density at radius 3 is 2.80 bits per heavy atom. The van der Waals surface area contributed by atoms with Crippen molar-refractivity contribution < 1.29 is 19.0 Å². The normalized spacial score (nSPS) is 26.1. The second kappa shape index (κ2) is 7.38. The zero-order valence-electron chi connectivity index (χ0n) is 17.5. The van der Waals surface area contributed by atoms with E-state index in [4.69, 9.17) is 14.2 Å². The van der Waals surface area contributed by atoms with Crippen LogP contribution in [0.3, 0.4) is 0 Å². The predicted octanol–water partition coefficient (Wildman–Crippen LogP) is 5.62. The van der Waals surface area contributed by atoms with Crippen molar-refractivity contribution in [1.29, 1.82) is 0 Å². The first kappa shape index (κ1) is 19.0. The highest BCUT2D eigenvalue weighted by Crippen LogP contribution is 2.59. The maximum atomic E-state index is 12.8. The van der Waals surface area contributed by atoms with E-state index in [1.807, 2.05) is 42.5 Å². The monoisotopic (exact) mass is 405 g/mol. The maximum absolute atomic E-state index is 12.8. The first-order valence-corrected chi connectivity index (χ1v) is 10.8. The molecule has 1 amide bonds. The average Bonchev–Trinajstić information content (AvgIpc) is 3.18. The summed E-state index contributed by atoms with van der Waals surface area (Å²) in [7, 11) is 1.42. The van der Waals surface area contributed by atoms with Crippen molar-refractivity contribution in [3.05, 3.63) is 71.0 Å². The van der Waals surface area contributed by atoms with E-state index in [-0.39, 0.29) is 18.1 Å². The zero-order valence-corrected chi connectivity index (χ0v) is 17.5. The summed E-state index contributed by atoms with van der Waals surface area (Å²) < 4.78 is 18.5. The van der Waals surface area contributed by atoms with Gasteiger partial charge in [-0.05, 0) is 30.5 Å². The molecule has 3 aliphatic rings. The highest BCUT2D eigenvalue weighted by Gasteiger charge is 2.62. The standard InChI is InChI=1S/C25H27NO4/c1-3-4-12-19-16-17-9-8-13-21-22(17)23(29-19)20-14-15-26(24(27)28-2)25(20,30-21)18-10-6-5-7-11-18/h5-11,13,16,20,23H,3-4,12,14-15H2,1-2H3/t20-,23+,25+/m1/s1. The largest absolute Gasteiger partial charge is 0.489 e. The summed E-state index contributed by atoms with van der Waals surface area (Å²) in [5.41, 5.74) is 2.26. The second-order valence-corrected chi connectivity index (χ2v) is 8.19. The summed E-state index contributed by atoms with van der Waals surface area (Å²) in [6, 6.07) is 16.1. The van der Waals surface area contributed by atoms with Crippen LogP contribution in [0.1, 0.15) is 55.4 Å². The number of likely N-dealkylation sites (tertiary alicyclic amines) is 1. The predicted molar refractivity (Wildman–Crippen MR) is 114 cm³/mol. The molecule has 2 aromatic rings. The third kappa shape index (κ3) is 2.72. The van der Waals surface area contributed by atoms with Crippen molar-refractivity contribution in [2.45, 2.75) is 44.4 Å². The number of amides is 1. The van der Waals surface area contributed by atoms with Crippen LogP contribution >= 0.6 is 0 Å². The number of allylic oxidation sites excluding steroid dienone is 1. The molecule has 5 heteroatoms. The number of ether oxygens (including phenoxy) is 3. The lowest BCUT2D eigenvalue weighted by molar-refractivity contribution is -0.137. The van der Waals surface area contributed by atoms with E-state index in [0.717, 1.165) is 53.9 Å². The molecule has 5 nitrogen and oxygen atoms in total. The summed E-state index contributed by atoms with van der Waals surface area (Å²) in [6.07, 6.45) is 5.53. The third-order valence-electron chi connectivity index (χ3n) is 6.54. The van der Waals surface area contributed by atoms with E-state index in [9.17, 15) is 4.79 Å². The van der Waals surface area contributed by atoms with E-state index in [2.05, 4.69) is 19.1 Å². The van der Waals surface area contributed by atoms with Crippen LogP contribution in [-0.4, -0.2) is 24.6 Å². The number of methoxy groups -OCH3 is 1. The molecule has 0 aliphatic carbocycles. The molecule has 3 atom stereocenters. The molecule has 5 rings (SSSR count). The van der Waals surface area contributed by atoms with Crippen molar-refractivity contribution in [1.82, 2.24) is 4.90 Å². The molecule has 0 bridgehead atoms. The molecular formula is C25H27NO4. The quantitative estimate of drug-likeness (QED) is 0.662. The van der Waals surface area contributed by atoms with Gasteiger partial charge < -0.3 is 14.2 Å². The molecule has 0 spiro atoms. The second-order valence-electron chi connectivity index (χ2n) is 8.19. The molecule has 3 aliphatic heterocycles. The SMILES string of the molecule is CCCCC1=Cc2cccc3c2[C@@H](O1)[C@H]1CCN(C(=O)OC)[C@@]1(c1ccccc1)O3. The Labute approximate surface area is 177 Å². The number of hydrogen-bond acceptors (Lipinski definition) is 4. The van der Waals surface area contributed by atoms with Crippen LogP contribution in [0.25, 0.3) is 6.08 Å². The van der Waals surface area contributed by atoms with Crippen molar-refractivity contribution >= 4 is 12.2 Å². The summed E-state index contributed by atoms with van der Waals surface area (Å²) in [6.45, 7) is 2.75. The van der Waals surface area contributed by atoms with E-state index >= 15 is 0 Å². The Bertz CT molecular complexity index is 986. The van der Waals surface area contributed by atoms with Crippen LogP contribution < -0.4 is 4.74 Å². The first-order valence-electron chi connectivity index (χ1n) is 10.8. The number of benzene rings is 2. The average molecular weight is 405 g/mol. The lowest BCUT2D eigenvalue weighted by atomic mass is 9.77. The van der Waals surface area contributed by atoms with Gasteiger partial charge in [0.15, 0.2) is 0 Å². The minimum atomic E-state index is -0.947. The van der Waals surface area contributed by atoms with Crippen molar-refractivity contribution in [3.63, 3.8) is 0 Å². The van der Waals surface area contributed by atoms with E-state index in [0.29, 0.717) is 6.54 Å². The Kier molecular flexibility index (Phi) is 4.69. The van der Waals surface area contributed by atoms with Crippen molar-refractivity contribution in [2.75, 3.05) is 13.7 Å². The summed E-state index contributed by atoms with van der Waals surface area (Å²) in [5.74, 6) is 1.77. The number of hydrogen-bond donors (Lipinski definition) is 0. The van der Waals surface area contributed by atoms with E-state index < -0.39 is 5.72 Å². The molecule has 1 fully saturated rings. The van der Waals surface area contributed by atoms with Gasteiger partial charge in [-0.1, -0.05) is 55.8 Å². The van der Waals surface area contributed by atoms with Gasteiger partial charge in [-0.3, -0.25) is 4.90 Å². The van der Waals surface area contributed by atoms with Gasteiger partial charge in [-0.2, -0.15) is 0 Å². The number of nitrogens with zero attached hydrogens (tertiary/aromatic N) is 1. The van der Waals surface area contributed by atoms with Crippen LogP contribution in [0.4, 0.5) is 4.79 Å². The van der Waals surface area contributed by atoms with Crippen molar-refractivity contribution in [3.8, 4) is 5.75 Å². The molecule has 1 saturated heterocycles. The molecule has 3 heterocycles. The number of rotatable bonds is 4. The molecular weight excluding hydrogens is 378 g/mol. The fraction of sp³-hybridized carbons (Fsp3) is 0.400. The molecule has 0 radical (unpaired) electrons. The van der Waals surface area contributed by atoms with Gasteiger partial charge in [0.2, 0.25) is 5.72 Å². The van der Waals surface area contributed by atoms with Gasteiger partial charge in [0.25, 0.3) is 0 Å². The highest BCUT2D eigenvalue weighted by molar-refractivity contribution is 5.70. The van der Waals surface area contributed by atoms with Crippen molar-refractivity contribution in [2.24, 2.45) is 5.92 Å². The summed E-state index contributed by atoms with van der Waals surface area (Å²) in [5, 5.41) is 0. The van der Waals surface area contributed by atoms with E-state index in [1.54, 1.807) is 4.90 Å². The Balaban J connectivity index is 1.67. The van der Waals surface area contributed by atoms with Crippen LogP contribution in [0.5, 0.6) is 5.75 Å². The Hall–Kier alpha value is -2.95. The topological polar surface area (TPSA) is 48.0 Å². The van der Waals surface area contributed by atoms with Gasteiger partial charge in [0.1, 0.15) is 11.9 Å². The third-order valence-corrected chi connectivity index (χ3v) is 6.54. The fourth-order valence-corrected chi connectivity index (χ4v) is 5.20. The van der Waals surface area contributed by atoms with Gasteiger partial charge in [0.05, 0.1) is 18.8 Å². The fourth-order valence-electron chi connectivity index (χ4n) is 5.20. The Morgan fingerprint density at radius 1 is 1.20 bits per heavy atom. The van der Waals surface area contributed by atoms with E-state index in [1.165, 1.54) is 7.11 Å². The molecule has 0 saturated carbocycles. The number of fused-ring (bicyclic) bond motifs is 2. The van der Waals surface area contributed by atoms with Crippen LogP contribution in [0, 0.1) is 5.92 Å². The summed E-state index contributed by atoms with van der Waals surface area (Å²) in [4.78, 5) is 14.5. The molecule has 0 unspecified atom stereocenters. The van der Waals surface area contributed by atoms with Gasteiger partial charge in [-0.25, -0.2) is 4.79 Å². The molecule has 0 aromatic heterocycles. The van der Waals surface area contributed by atoms with Gasteiger partial charge in [-0.15, -0.1) is 0 Å². The Morgan fingerprint density at radius 2 is 2.03 bits per heavy atom. The zero-order chi connectivity index (χ0) is 20.7. The lowest BCUT2D eigenvalue weighted by Crippen LogP contribution is -2.56. The smallest absolute Gasteiger partial charge is 0.412 e. The number of carbonyl (C=O) groups excluding carboxylic acids is 1. The first-order chi connectivity index (χ1) is 14.7. The molecule has 30 heavy (non-hydrogen) atoms. The lowest BCUT2D eigenvalue weighted by Gasteiger charge is -2.49.